The normalized spacial score (nSPS) is 30.1. The third-order valence-corrected chi connectivity index (χ3v) is 8.00. The Bertz CT molecular complexity index is 1060. The van der Waals surface area contributed by atoms with E-state index in [1.165, 1.54) is 6.26 Å². The molecule has 0 radical (unpaired) electrons. The lowest BCUT2D eigenvalue weighted by atomic mass is 9.79. The number of aliphatic hydroxyl groups is 1. The Kier molecular flexibility index (Phi) is 7.55. The van der Waals surface area contributed by atoms with Crippen molar-refractivity contribution in [2.75, 3.05) is 31.5 Å². The van der Waals surface area contributed by atoms with Crippen molar-refractivity contribution in [2.24, 2.45) is 11.8 Å². The Balaban J connectivity index is 0.00000304. The number of esters is 1. The Hall–Kier alpha value is -2.37. The van der Waals surface area contributed by atoms with Crippen LogP contribution in [0, 0.1) is 11.8 Å². The number of nitrogens with zero attached hydrogens (tertiary/aromatic N) is 2. The molecule has 3 saturated heterocycles. The van der Waals surface area contributed by atoms with Gasteiger partial charge in [-0.2, -0.15) is 0 Å². The van der Waals surface area contributed by atoms with E-state index in [-0.39, 0.29) is 53.8 Å². The van der Waals surface area contributed by atoms with Crippen LogP contribution in [0.15, 0.2) is 47.2 Å². The zero-order valence-electron chi connectivity index (χ0n) is 19.7. The lowest BCUT2D eigenvalue weighted by molar-refractivity contribution is -0.939. The number of halogens is 3. The van der Waals surface area contributed by atoms with Gasteiger partial charge in [0.05, 0.1) is 13.1 Å². The molecular weight excluding hydrogens is 540 g/mol. The molecule has 36 heavy (non-hydrogen) atoms. The van der Waals surface area contributed by atoms with Crippen LogP contribution in [0.4, 0.5) is 14.6 Å². The minimum absolute atomic E-state index is 0. The lowest BCUT2D eigenvalue weighted by Crippen LogP contribution is -3.00. The summed E-state index contributed by atoms with van der Waals surface area (Å²) in [6.07, 6.45) is 1.53. The number of benzene rings is 1. The van der Waals surface area contributed by atoms with E-state index in [2.05, 4.69) is 10.5 Å². The molecule has 4 fully saturated rings. The molecule has 2 N–H and O–H groups in total. The number of aromatic nitrogens is 1. The number of carbonyl (C=O) groups excluding carboxylic acids is 2. The van der Waals surface area contributed by atoms with Crippen molar-refractivity contribution < 1.29 is 54.2 Å². The zero-order chi connectivity index (χ0) is 24.7. The molecule has 2 bridgehead atoms. The van der Waals surface area contributed by atoms with Crippen molar-refractivity contribution in [3.05, 3.63) is 48.2 Å². The third-order valence-electron chi connectivity index (χ3n) is 8.00. The van der Waals surface area contributed by atoms with E-state index < -0.39 is 35.9 Å². The largest absolute Gasteiger partial charge is 1.00 e. The molecular formula is C25H30BrF2N3O5. The number of alkyl halides is 2. The standard InChI is InChI=1S/C25H29F2N3O5.BrH/c26-24(27)10-6-19(14-24)25(33,18-4-2-1-3-5-18)23(32)35-20-15-30(11-7-17(20)8-12-30)16-22(31)28-21-9-13-34-29-21;/h1-5,9,13,17,19-20,33H,6-8,10-12,14-16H2;1H/t17?,19?,20?,25-,30?;/m0./s1. The smallest absolute Gasteiger partial charge is 0.343 e. The molecule has 2 aromatic rings. The molecule has 11 heteroatoms. The van der Waals surface area contributed by atoms with Crippen molar-refractivity contribution >= 4 is 17.7 Å². The van der Waals surface area contributed by atoms with Gasteiger partial charge in [-0.05, 0) is 12.0 Å². The van der Waals surface area contributed by atoms with Gasteiger partial charge in [0.2, 0.25) is 5.92 Å². The van der Waals surface area contributed by atoms with Crippen molar-refractivity contribution in [3.63, 3.8) is 0 Å². The van der Waals surface area contributed by atoms with Crippen molar-refractivity contribution in [2.45, 2.75) is 49.7 Å². The fraction of sp³-hybridized carbons (Fsp3) is 0.560. The van der Waals surface area contributed by atoms with Gasteiger partial charge in [-0.3, -0.25) is 4.79 Å². The van der Waals surface area contributed by atoms with Gasteiger partial charge in [0.1, 0.15) is 12.8 Å². The number of nitrogens with one attached hydrogen (secondary N) is 1. The van der Waals surface area contributed by atoms with E-state index in [1.54, 1.807) is 36.4 Å². The number of hydrogen-bond donors (Lipinski definition) is 2. The van der Waals surface area contributed by atoms with Gasteiger partial charge in [-0.1, -0.05) is 35.5 Å². The number of ether oxygens (including phenoxy) is 1. The molecule has 4 heterocycles. The minimum Gasteiger partial charge on any atom is -1.00 e. The first-order valence-corrected chi connectivity index (χ1v) is 12.1. The number of piperidine rings is 3. The number of fused-ring (bicyclic) bond motifs is 3. The lowest BCUT2D eigenvalue weighted by Gasteiger charge is -2.51. The van der Waals surface area contributed by atoms with E-state index in [1.807, 2.05) is 0 Å². The molecule has 1 aliphatic carbocycles. The maximum Gasteiger partial charge on any atom is 0.343 e. The van der Waals surface area contributed by atoms with Crippen LogP contribution < -0.4 is 22.3 Å². The summed E-state index contributed by atoms with van der Waals surface area (Å²) in [6.45, 7) is 2.20. The van der Waals surface area contributed by atoms with Gasteiger partial charge in [-0.25, -0.2) is 13.6 Å². The van der Waals surface area contributed by atoms with Crippen molar-refractivity contribution in [1.82, 2.24) is 5.16 Å². The summed E-state index contributed by atoms with van der Waals surface area (Å²) in [4.78, 5) is 26.2. The molecule has 4 aliphatic rings. The van der Waals surface area contributed by atoms with Crippen molar-refractivity contribution in [3.8, 4) is 0 Å². The Labute approximate surface area is 218 Å². The van der Waals surface area contributed by atoms with Crippen LogP contribution in [0.25, 0.3) is 0 Å². The maximum atomic E-state index is 14.1. The Morgan fingerprint density at radius 2 is 1.92 bits per heavy atom. The fourth-order valence-electron chi connectivity index (χ4n) is 6.09. The summed E-state index contributed by atoms with van der Waals surface area (Å²) in [7, 11) is 0. The summed E-state index contributed by atoms with van der Waals surface area (Å²) in [5.41, 5.74) is -1.88. The highest BCUT2D eigenvalue weighted by Gasteiger charge is 2.56. The maximum absolute atomic E-state index is 14.1. The monoisotopic (exact) mass is 569 g/mol. The number of hydrogen-bond acceptors (Lipinski definition) is 6. The first kappa shape index (κ1) is 26.7. The van der Waals surface area contributed by atoms with Crippen LogP contribution in [-0.4, -0.2) is 64.8 Å². The van der Waals surface area contributed by atoms with E-state index in [0.29, 0.717) is 16.8 Å². The molecule has 1 amide bonds. The molecule has 1 saturated carbocycles. The first-order valence-electron chi connectivity index (χ1n) is 12.1. The molecule has 6 rings (SSSR count). The molecule has 1 aromatic heterocycles. The zero-order valence-corrected chi connectivity index (χ0v) is 21.3. The number of anilines is 1. The first-order chi connectivity index (χ1) is 16.7. The molecule has 196 valence electrons. The molecule has 8 nitrogen and oxygen atoms in total. The van der Waals surface area contributed by atoms with Crippen LogP contribution >= 0.6 is 0 Å². The summed E-state index contributed by atoms with van der Waals surface area (Å²) in [6, 6.07) is 9.80. The van der Waals surface area contributed by atoms with E-state index in [4.69, 9.17) is 9.26 Å². The van der Waals surface area contributed by atoms with E-state index >= 15 is 0 Å². The molecule has 3 aliphatic heterocycles. The van der Waals surface area contributed by atoms with Gasteiger partial charge >= 0.3 is 5.97 Å². The number of rotatable bonds is 7. The highest BCUT2D eigenvalue weighted by Crippen LogP contribution is 2.48. The highest BCUT2D eigenvalue weighted by atomic mass is 79.9. The summed E-state index contributed by atoms with van der Waals surface area (Å²) in [5, 5.41) is 18.1. The second kappa shape index (κ2) is 10.2. The Morgan fingerprint density at radius 3 is 2.53 bits per heavy atom. The highest BCUT2D eigenvalue weighted by molar-refractivity contribution is 5.90. The van der Waals surface area contributed by atoms with Crippen LogP contribution in [0.1, 0.15) is 37.7 Å². The van der Waals surface area contributed by atoms with Gasteiger partial charge in [0.15, 0.2) is 24.1 Å². The number of amides is 1. The summed E-state index contributed by atoms with van der Waals surface area (Å²) < 4.78 is 39.3. The van der Waals surface area contributed by atoms with Gasteiger partial charge < -0.3 is 41.1 Å². The summed E-state index contributed by atoms with van der Waals surface area (Å²) >= 11 is 0. The third kappa shape index (κ3) is 5.19. The average molecular weight is 570 g/mol. The van der Waals surface area contributed by atoms with E-state index in [0.717, 1.165) is 25.9 Å². The van der Waals surface area contributed by atoms with Crippen LogP contribution in [0.5, 0.6) is 0 Å². The molecule has 2 unspecified atom stereocenters. The SMILES string of the molecule is O=C(C[N+]12CCC(CC1)C(OC(=O)[C@](O)(c1ccccc1)C1CCC(F)(F)C1)C2)Nc1ccon1.[Br-]. The van der Waals surface area contributed by atoms with Gasteiger partial charge in [0.25, 0.3) is 5.91 Å². The fourth-order valence-corrected chi connectivity index (χ4v) is 6.09. The topological polar surface area (TPSA) is 102 Å². The van der Waals surface area contributed by atoms with E-state index in [9.17, 15) is 23.5 Å². The predicted octanol–water partition coefficient (Wildman–Crippen LogP) is 0.0925. The molecule has 0 spiro atoms. The molecule has 3 atom stereocenters. The van der Waals surface area contributed by atoms with Crippen LogP contribution in [-0.2, 0) is 19.9 Å². The number of carbonyl (C=O) groups is 2. The summed E-state index contributed by atoms with van der Waals surface area (Å²) in [5.74, 6) is -4.50. The quantitative estimate of drug-likeness (QED) is 0.362. The molecule has 1 aromatic carbocycles. The second-order valence-corrected chi connectivity index (χ2v) is 10.3. The Morgan fingerprint density at radius 1 is 1.19 bits per heavy atom. The van der Waals surface area contributed by atoms with Gasteiger partial charge in [0, 0.05) is 43.6 Å². The number of quaternary nitrogens is 1. The predicted molar refractivity (Wildman–Crippen MR) is 120 cm³/mol. The minimum atomic E-state index is -2.92. The van der Waals surface area contributed by atoms with Gasteiger partial charge in [-0.15, -0.1) is 0 Å². The van der Waals surface area contributed by atoms with Crippen LogP contribution in [0.3, 0.4) is 0 Å². The second-order valence-electron chi connectivity index (χ2n) is 10.3. The van der Waals surface area contributed by atoms with Crippen LogP contribution in [0.2, 0.25) is 0 Å². The average Bonchev–Trinajstić information content (AvgIpc) is 3.48. The van der Waals surface area contributed by atoms with Crippen molar-refractivity contribution in [1.29, 1.82) is 0 Å².